The summed E-state index contributed by atoms with van der Waals surface area (Å²) in [4.78, 5) is 26.8. The Balaban J connectivity index is 2.12. The Bertz CT molecular complexity index is 619. The molecule has 0 aromatic carbocycles. The van der Waals surface area contributed by atoms with E-state index in [2.05, 4.69) is 16.4 Å². The summed E-state index contributed by atoms with van der Waals surface area (Å²) in [6.07, 6.45) is 3.04. The zero-order valence-corrected chi connectivity index (χ0v) is 11.9. The molecular formula is C15H19N3O2. The molecule has 0 saturated heterocycles. The third kappa shape index (κ3) is 2.60. The predicted molar refractivity (Wildman–Crippen MR) is 74.9 cm³/mol. The number of nitrogens with one attached hydrogen (secondary N) is 2. The molecule has 1 aliphatic carbocycles. The highest BCUT2D eigenvalue weighted by molar-refractivity contribution is 5.85. The molecule has 106 valence electrons. The van der Waals surface area contributed by atoms with Gasteiger partial charge in [0.25, 0.3) is 5.56 Å². The summed E-state index contributed by atoms with van der Waals surface area (Å²) in [6.45, 7) is 3.84. The summed E-state index contributed by atoms with van der Waals surface area (Å²) in [5, 5.41) is 12.0. The highest BCUT2D eigenvalue weighted by Gasteiger charge is 2.41. The summed E-state index contributed by atoms with van der Waals surface area (Å²) >= 11 is 0. The standard InChI is InChI=1S/C15H19N3O2/c1-10-7-11(2)18-13(19)12(10)8-17-14(20)15(9-16)5-3-4-6-15/h7H,3-6,8H2,1-2H3,(H,17,20)(H,18,19). The number of aromatic amines is 1. The third-order valence-electron chi connectivity index (χ3n) is 4.03. The van der Waals surface area contributed by atoms with Crippen LogP contribution in [0, 0.1) is 30.6 Å². The maximum atomic E-state index is 12.2. The molecule has 0 aliphatic heterocycles. The number of nitrogens with zero attached hydrogens (tertiary/aromatic N) is 1. The molecule has 0 atom stereocenters. The lowest BCUT2D eigenvalue weighted by Gasteiger charge is -2.19. The minimum atomic E-state index is -0.897. The summed E-state index contributed by atoms with van der Waals surface area (Å²) < 4.78 is 0. The molecule has 1 saturated carbocycles. The monoisotopic (exact) mass is 273 g/mol. The van der Waals surface area contributed by atoms with Crippen molar-refractivity contribution in [1.29, 1.82) is 5.26 Å². The van der Waals surface area contributed by atoms with Crippen molar-refractivity contribution in [2.45, 2.75) is 46.1 Å². The fourth-order valence-corrected chi connectivity index (χ4v) is 2.81. The number of amides is 1. The maximum absolute atomic E-state index is 12.2. The van der Waals surface area contributed by atoms with Crippen molar-refractivity contribution >= 4 is 5.91 Å². The zero-order valence-electron chi connectivity index (χ0n) is 11.9. The molecule has 1 aromatic heterocycles. The molecule has 1 heterocycles. The quantitative estimate of drug-likeness (QED) is 0.878. The summed E-state index contributed by atoms with van der Waals surface area (Å²) in [5.41, 5.74) is 1.12. The molecule has 5 nitrogen and oxygen atoms in total. The maximum Gasteiger partial charge on any atom is 0.253 e. The summed E-state index contributed by atoms with van der Waals surface area (Å²) in [5.74, 6) is -0.253. The number of rotatable bonds is 3. The van der Waals surface area contributed by atoms with E-state index in [1.165, 1.54) is 0 Å². The van der Waals surface area contributed by atoms with Gasteiger partial charge in [-0.05, 0) is 38.3 Å². The van der Waals surface area contributed by atoms with Gasteiger partial charge in [-0.1, -0.05) is 12.8 Å². The van der Waals surface area contributed by atoms with E-state index in [0.29, 0.717) is 18.4 Å². The fourth-order valence-electron chi connectivity index (χ4n) is 2.81. The van der Waals surface area contributed by atoms with Crippen molar-refractivity contribution in [3.8, 4) is 6.07 Å². The van der Waals surface area contributed by atoms with E-state index < -0.39 is 5.41 Å². The lowest BCUT2D eigenvalue weighted by atomic mass is 9.87. The van der Waals surface area contributed by atoms with Crippen LogP contribution in [0.1, 0.15) is 42.5 Å². The summed E-state index contributed by atoms with van der Waals surface area (Å²) in [7, 11) is 0. The summed E-state index contributed by atoms with van der Waals surface area (Å²) in [6, 6.07) is 4.03. The fraction of sp³-hybridized carbons (Fsp3) is 0.533. The molecule has 1 aromatic rings. The minimum Gasteiger partial charge on any atom is -0.350 e. The third-order valence-corrected chi connectivity index (χ3v) is 4.03. The number of H-pyrrole nitrogens is 1. The van der Waals surface area contributed by atoms with Crippen molar-refractivity contribution in [2.75, 3.05) is 0 Å². The molecule has 0 unspecified atom stereocenters. The SMILES string of the molecule is Cc1cc(C)c(CNC(=O)C2(C#N)CCCC2)c(=O)[nH]1. The van der Waals surface area contributed by atoms with Gasteiger partial charge in [0.15, 0.2) is 0 Å². The van der Waals surface area contributed by atoms with E-state index in [4.69, 9.17) is 0 Å². The van der Waals surface area contributed by atoms with Crippen LogP contribution in [-0.4, -0.2) is 10.9 Å². The Kier molecular flexibility index (Phi) is 3.93. The van der Waals surface area contributed by atoms with Crippen molar-refractivity contribution in [3.63, 3.8) is 0 Å². The first kappa shape index (κ1) is 14.3. The van der Waals surface area contributed by atoms with Gasteiger partial charge in [0, 0.05) is 17.8 Å². The van der Waals surface area contributed by atoms with Crippen molar-refractivity contribution < 1.29 is 4.79 Å². The van der Waals surface area contributed by atoms with Gasteiger partial charge in [0.1, 0.15) is 5.41 Å². The van der Waals surface area contributed by atoms with Crippen LogP contribution in [0.15, 0.2) is 10.9 Å². The van der Waals surface area contributed by atoms with Crippen molar-refractivity contribution in [1.82, 2.24) is 10.3 Å². The lowest BCUT2D eigenvalue weighted by Crippen LogP contribution is -2.39. The van der Waals surface area contributed by atoms with E-state index in [9.17, 15) is 14.9 Å². The van der Waals surface area contributed by atoms with Crippen LogP contribution in [0.2, 0.25) is 0 Å². The van der Waals surface area contributed by atoms with Gasteiger partial charge in [0.05, 0.1) is 6.07 Å². The number of aryl methyl sites for hydroxylation is 2. The second-order valence-electron chi connectivity index (χ2n) is 5.53. The van der Waals surface area contributed by atoms with Crippen LogP contribution >= 0.6 is 0 Å². The van der Waals surface area contributed by atoms with Crippen LogP contribution in [0.4, 0.5) is 0 Å². The van der Waals surface area contributed by atoms with Crippen LogP contribution in [0.3, 0.4) is 0 Å². The number of nitriles is 1. The number of hydrogen-bond donors (Lipinski definition) is 2. The Morgan fingerprint density at radius 3 is 2.65 bits per heavy atom. The van der Waals surface area contributed by atoms with Crippen LogP contribution in [0.25, 0.3) is 0 Å². The normalized spacial score (nSPS) is 16.6. The number of carbonyl (C=O) groups excluding carboxylic acids is 1. The van der Waals surface area contributed by atoms with Crippen LogP contribution in [0.5, 0.6) is 0 Å². The Labute approximate surface area is 118 Å². The Morgan fingerprint density at radius 2 is 2.10 bits per heavy atom. The molecule has 0 bridgehead atoms. The molecule has 20 heavy (non-hydrogen) atoms. The molecule has 1 aliphatic rings. The first-order valence-electron chi connectivity index (χ1n) is 6.87. The van der Waals surface area contributed by atoms with E-state index in [1.807, 2.05) is 19.9 Å². The molecule has 0 spiro atoms. The highest BCUT2D eigenvalue weighted by Crippen LogP contribution is 2.37. The molecule has 2 rings (SSSR count). The molecule has 0 radical (unpaired) electrons. The predicted octanol–water partition coefficient (Wildman–Crippen LogP) is 1.69. The van der Waals surface area contributed by atoms with Crippen molar-refractivity contribution in [3.05, 3.63) is 33.2 Å². The van der Waals surface area contributed by atoms with Gasteiger partial charge in [0.2, 0.25) is 5.91 Å². The van der Waals surface area contributed by atoms with Gasteiger partial charge in [-0.2, -0.15) is 5.26 Å². The average molecular weight is 273 g/mol. The van der Waals surface area contributed by atoms with Crippen LogP contribution < -0.4 is 10.9 Å². The first-order valence-corrected chi connectivity index (χ1v) is 6.87. The smallest absolute Gasteiger partial charge is 0.253 e. The molecule has 1 fully saturated rings. The van der Waals surface area contributed by atoms with E-state index in [1.54, 1.807) is 0 Å². The number of aromatic nitrogens is 1. The van der Waals surface area contributed by atoms with Gasteiger partial charge in [-0.25, -0.2) is 0 Å². The molecule has 5 heteroatoms. The minimum absolute atomic E-state index is 0.170. The highest BCUT2D eigenvalue weighted by atomic mass is 16.2. The molecular weight excluding hydrogens is 254 g/mol. The lowest BCUT2D eigenvalue weighted by molar-refractivity contribution is -0.128. The average Bonchev–Trinajstić information content (AvgIpc) is 2.87. The number of pyridine rings is 1. The molecule has 1 amide bonds. The second-order valence-corrected chi connectivity index (χ2v) is 5.53. The zero-order chi connectivity index (χ0) is 14.8. The van der Waals surface area contributed by atoms with Crippen molar-refractivity contribution in [2.24, 2.45) is 5.41 Å². The Morgan fingerprint density at radius 1 is 1.45 bits per heavy atom. The van der Waals surface area contributed by atoms with Gasteiger partial charge < -0.3 is 10.3 Å². The largest absolute Gasteiger partial charge is 0.350 e. The van der Waals surface area contributed by atoms with E-state index >= 15 is 0 Å². The number of carbonyl (C=O) groups is 1. The van der Waals surface area contributed by atoms with E-state index in [0.717, 1.165) is 24.1 Å². The Hall–Kier alpha value is -2.09. The van der Waals surface area contributed by atoms with Gasteiger partial charge >= 0.3 is 0 Å². The molecule has 2 N–H and O–H groups in total. The van der Waals surface area contributed by atoms with Gasteiger partial charge in [-0.15, -0.1) is 0 Å². The first-order chi connectivity index (χ1) is 9.48. The van der Waals surface area contributed by atoms with Gasteiger partial charge in [-0.3, -0.25) is 9.59 Å². The topological polar surface area (TPSA) is 85.8 Å². The number of hydrogen-bond acceptors (Lipinski definition) is 3. The second kappa shape index (κ2) is 5.49. The van der Waals surface area contributed by atoms with Crippen LogP contribution in [-0.2, 0) is 11.3 Å². The van der Waals surface area contributed by atoms with E-state index in [-0.39, 0.29) is 18.0 Å².